The first-order valence-electron chi connectivity index (χ1n) is 17.9. The van der Waals surface area contributed by atoms with Gasteiger partial charge in [-0.05, 0) is 132 Å². The molecule has 3 heterocycles. The SMILES string of the molecule is C.CC(C)(C)OC(=O)N(CCCl)CCCl.CC(C)(C)OC(=O)N1CCC(c2ccncc2)(c2ccc(Cl)cc2)CC1.Clc1ccc(Cc2ccncc2)cc1. The van der Waals surface area contributed by atoms with Crippen LogP contribution >= 0.6 is 46.4 Å². The number of alkyl halides is 2. The lowest BCUT2D eigenvalue weighted by atomic mass is 9.68. The summed E-state index contributed by atoms with van der Waals surface area (Å²) in [6.45, 7) is 13.4. The molecule has 5 rings (SSSR count). The van der Waals surface area contributed by atoms with Crippen molar-refractivity contribution in [2.75, 3.05) is 37.9 Å². The van der Waals surface area contributed by atoms with Crippen LogP contribution in [0.1, 0.15) is 84.1 Å². The van der Waals surface area contributed by atoms with Crippen molar-refractivity contribution in [1.29, 1.82) is 0 Å². The van der Waals surface area contributed by atoms with Crippen LogP contribution in [0, 0.1) is 0 Å². The number of rotatable bonds is 8. The van der Waals surface area contributed by atoms with E-state index >= 15 is 0 Å². The monoisotopic (exact) mass is 832 g/mol. The lowest BCUT2D eigenvalue weighted by Gasteiger charge is -2.43. The molecule has 0 N–H and O–H groups in total. The van der Waals surface area contributed by atoms with Crippen LogP contribution in [0.3, 0.4) is 0 Å². The minimum atomic E-state index is -0.479. The third kappa shape index (κ3) is 16.6. The minimum absolute atomic E-state index is 0. The first-order chi connectivity index (χ1) is 25.5. The fourth-order valence-electron chi connectivity index (χ4n) is 5.74. The fraction of sp³-hybridized carbons (Fsp3) is 0.442. The molecule has 0 bridgehead atoms. The number of ether oxygens (including phenoxy) is 2. The van der Waals surface area contributed by atoms with E-state index in [0.717, 1.165) is 29.3 Å². The minimum Gasteiger partial charge on any atom is -0.444 e. The molecule has 0 spiro atoms. The van der Waals surface area contributed by atoms with Crippen LogP contribution in [0.2, 0.25) is 10.0 Å². The van der Waals surface area contributed by atoms with Gasteiger partial charge in [0.25, 0.3) is 0 Å². The molecule has 2 amide bonds. The summed E-state index contributed by atoms with van der Waals surface area (Å²) >= 11 is 23.0. The number of hydrogen-bond acceptors (Lipinski definition) is 6. The standard InChI is InChI=1S/C21H25ClN2O2.C12H10ClN.C9H17Cl2NO2.CH4/c1-20(2,3)26-19(25)24-14-10-21(11-15-24,17-8-12-23-13-9-17)16-4-6-18(22)7-5-16;13-12-3-1-10(2-4-12)9-11-5-7-14-8-6-11;1-9(2,3)14-8(13)12(6-4-10)7-5-11;/h4-9,12-13H,10-11,14-15H2,1-3H3;1-8H,9H2;4-7H2,1-3H3;1H4. The van der Waals surface area contributed by atoms with Crippen molar-refractivity contribution in [3.8, 4) is 0 Å². The van der Waals surface area contributed by atoms with E-state index in [2.05, 4.69) is 34.2 Å². The maximum absolute atomic E-state index is 12.4. The summed E-state index contributed by atoms with van der Waals surface area (Å²) in [7, 11) is 0. The maximum Gasteiger partial charge on any atom is 0.410 e. The Morgan fingerprint density at radius 1 is 0.673 bits per heavy atom. The van der Waals surface area contributed by atoms with Crippen molar-refractivity contribution in [2.24, 2.45) is 0 Å². The van der Waals surface area contributed by atoms with Crippen LogP contribution in [-0.4, -0.2) is 81.1 Å². The normalized spacial score (nSPS) is 13.5. The van der Waals surface area contributed by atoms with Crippen molar-refractivity contribution < 1.29 is 19.1 Å². The Kier molecular flexibility index (Phi) is 19.8. The zero-order valence-corrected chi connectivity index (χ0v) is 35.1. The van der Waals surface area contributed by atoms with Gasteiger partial charge < -0.3 is 19.3 Å². The second kappa shape index (κ2) is 22.9. The number of pyridine rings is 2. The first-order valence-corrected chi connectivity index (χ1v) is 19.8. The molecule has 12 heteroatoms. The van der Waals surface area contributed by atoms with Crippen LogP contribution in [0.5, 0.6) is 0 Å². The Balaban J connectivity index is 0.000000308. The number of carbonyl (C=O) groups is 2. The molecule has 0 atom stereocenters. The van der Waals surface area contributed by atoms with Gasteiger partial charge in [-0.2, -0.15) is 0 Å². The average Bonchev–Trinajstić information content (AvgIpc) is 3.13. The fourth-order valence-corrected chi connectivity index (χ4v) is 6.40. The maximum atomic E-state index is 12.4. The molecule has 1 aliphatic rings. The molecule has 8 nitrogen and oxygen atoms in total. The van der Waals surface area contributed by atoms with Crippen molar-refractivity contribution in [2.45, 2.75) is 84.8 Å². The van der Waals surface area contributed by atoms with E-state index in [1.807, 2.05) is 115 Å². The van der Waals surface area contributed by atoms with Crippen LogP contribution < -0.4 is 0 Å². The van der Waals surface area contributed by atoms with E-state index in [-0.39, 0.29) is 25.0 Å². The molecule has 4 aromatic rings. The molecule has 0 unspecified atom stereocenters. The smallest absolute Gasteiger partial charge is 0.410 e. The molecule has 1 saturated heterocycles. The van der Waals surface area contributed by atoms with Crippen molar-refractivity contribution >= 4 is 58.6 Å². The Hall–Kier alpha value is -3.56. The number of halogens is 4. The van der Waals surface area contributed by atoms with E-state index in [1.54, 1.807) is 4.90 Å². The summed E-state index contributed by atoms with van der Waals surface area (Å²) in [5.41, 5.74) is 3.87. The van der Waals surface area contributed by atoms with E-state index < -0.39 is 11.2 Å². The van der Waals surface area contributed by atoms with Gasteiger partial charge in [0.1, 0.15) is 11.2 Å². The number of piperidine rings is 1. The van der Waals surface area contributed by atoms with Gasteiger partial charge in [-0.3, -0.25) is 9.97 Å². The molecule has 1 fully saturated rings. The Labute approximate surface area is 348 Å². The Morgan fingerprint density at radius 3 is 1.55 bits per heavy atom. The molecule has 2 aromatic heterocycles. The highest BCUT2D eigenvalue weighted by molar-refractivity contribution is 6.30. The first kappa shape index (κ1) is 47.6. The van der Waals surface area contributed by atoms with Gasteiger partial charge in [0.05, 0.1) is 0 Å². The van der Waals surface area contributed by atoms with Crippen molar-refractivity contribution in [1.82, 2.24) is 19.8 Å². The summed E-state index contributed by atoms with van der Waals surface area (Å²) in [5, 5.41) is 1.51. The van der Waals surface area contributed by atoms with Gasteiger partial charge in [0, 0.05) is 78.2 Å². The Bertz CT molecular complexity index is 1690. The average molecular weight is 835 g/mol. The van der Waals surface area contributed by atoms with Gasteiger partial charge >= 0.3 is 12.2 Å². The van der Waals surface area contributed by atoms with E-state index in [0.29, 0.717) is 37.9 Å². The van der Waals surface area contributed by atoms with Crippen LogP contribution in [-0.2, 0) is 21.3 Å². The summed E-state index contributed by atoms with van der Waals surface area (Å²) in [6, 6.07) is 24.1. The predicted octanol–water partition coefficient (Wildman–Crippen LogP) is 11.7. The zero-order chi connectivity index (χ0) is 39.8. The number of amides is 2. The third-order valence-corrected chi connectivity index (χ3v) is 9.17. The summed E-state index contributed by atoms with van der Waals surface area (Å²) in [5.74, 6) is 0.770. The second-order valence-corrected chi connectivity index (χ2v) is 16.4. The van der Waals surface area contributed by atoms with E-state index in [1.165, 1.54) is 27.2 Å². The van der Waals surface area contributed by atoms with Crippen molar-refractivity contribution in [3.05, 3.63) is 130 Å². The highest BCUT2D eigenvalue weighted by atomic mass is 35.5. The van der Waals surface area contributed by atoms with Gasteiger partial charge in [0.15, 0.2) is 0 Å². The number of carbonyl (C=O) groups excluding carboxylic acids is 2. The van der Waals surface area contributed by atoms with Gasteiger partial charge in [-0.25, -0.2) is 9.59 Å². The van der Waals surface area contributed by atoms with E-state index in [4.69, 9.17) is 55.9 Å². The summed E-state index contributed by atoms with van der Waals surface area (Å²) in [4.78, 5) is 35.4. The number of aromatic nitrogens is 2. The van der Waals surface area contributed by atoms with Gasteiger partial charge in [-0.15, -0.1) is 23.2 Å². The number of nitrogens with zero attached hydrogens (tertiary/aromatic N) is 4. The lowest BCUT2D eigenvalue weighted by Crippen LogP contribution is -2.47. The molecular formula is C43H56Cl4N4O4. The molecule has 0 saturated carbocycles. The highest BCUT2D eigenvalue weighted by Gasteiger charge is 2.40. The van der Waals surface area contributed by atoms with Gasteiger partial charge in [-0.1, -0.05) is 54.9 Å². The largest absolute Gasteiger partial charge is 0.444 e. The highest BCUT2D eigenvalue weighted by Crippen LogP contribution is 2.42. The summed E-state index contributed by atoms with van der Waals surface area (Å²) < 4.78 is 10.7. The third-order valence-electron chi connectivity index (χ3n) is 8.33. The number of benzene rings is 2. The predicted molar refractivity (Wildman–Crippen MR) is 228 cm³/mol. The second-order valence-electron chi connectivity index (χ2n) is 14.8. The lowest BCUT2D eigenvalue weighted by molar-refractivity contribution is 0.0178. The quantitative estimate of drug-likeness (QED) is 0.164. The van der Waals surface area contributed by atoms with Crippen LogP contribution in [0.25, 0.3) is 0 Å². The van der Waals surface area contributed by atoms with Crippen LogP contribution in [0.15, 0.2) is 97.6 Å². The number of likely N-dealkylation sites (tertiary alicyclic amines) is 1. The topological polar surface area (TPSA) is 84.9 Å². The Morgan fingerprint density at radius 2 is 1.09 bits per heavy atom. The molecule has 0 radical (unpaired) electrons. The van der Waals surface area contributed by atoms with Crippen LogP contribution in [0.4, 0.5) is 9.59 Å². The molecular weight excluding hydrogens is 778 g/mol. The van der Waals surface area contributed by atoms with Crippen molar-refractivity contribution in [3.63, 3.8) is 0 Å². The van der Waals surface area contributed by atoms with E-state index in [9.17, 15) is 9.59 Å². The van der Waals surface area contributed by atoms with Gasteiger partial charge in [0.2, 0.25) is 0 Å². The molecule has 2 aromatic carbocycles. The molecule has 300 valence electrons. The molecule has 0 aliphatic carbocycles. The summed E-state index contributed by atoms with van der Waals surface area (Å²) in [6.07, 6.45) is 9.27. The number of hydrogen-bond donors (Lipinski definition) is 0. The molecule has 55 heavy (non-hydrogen) atoms. The molecule has 1 aliphatic heterocycles. The zero-order valence-electron chi connectivity index (χ0n) is 32.0.